The van der Waals surface area contributed by atoms with Gasteiger partial charge in [-0.05, 0) is 20.8 Å². The number of aliphatic carboxylic acids is 1. The lowest BCUT2D eigenvalue weighted by atomic mass is 9.98. The normalized spacial score (nSPS) is 28.9. The molecule has 1 fully saturated rings. The third-order valence-electron chi connectivity index (χ3n) is 2.58. The maximum absolute atomic E-state index is 11.8. The molecule has 104 valence electrons. The maximum Gasteiger partial charge on any atom is 0.411 e. The molecule has 7 nitrogen and oxygen atoms in total. The summed E-state index contributed by atoms with van der Waals surface area (Å²) < 4.78 is 5.07. The van der Waals surface area contributed by atoms with Gasteiger partial charge in [-0.1, -0.05) is 0 Å². The summed E-state index contributed by atoms with van der Waals surface area (Å²) in [6, 6.07) is -1.18. The van der Waals surface area contributed by atoms with Crippen LogP contribution in [0.25, 0.3) is 0 Å². The van der Waals surface area contributed by atoms with Gasteiger partial charge >= 0.3 is 12.1 Å². The van der Waals surface area contributed by atoms with Gasteiger partial charge < -0.3 is 20.1 Å². The topological polar surface area (TPSA) is 107 Å². The fraction of sp³-hybridized carbons (Fsp3) is 0.818. The summed E-state index contributed by atoms with van der Waals surface area (Å²) in [5, 5.41) is 28.0. The van der Waals surface area contributed by atoms with Gasteiger partial charge in [0.15, 0.2) is 0 Å². The first kappa shape index (κ1) is 14.7. The summed E-state index contributed by atoms with van der Waals surface area (Å²) in [5.41, 5.74) is -0.749. The average Bonchev–Trinajstić information content (AvgIpc) is 2.18. The minimum Gasteiger partial charge on any atom is -0.480 e. The monoisotopic (exact) mass is 261 g/mol. The van der Waals surface area contributed by atoms with E-state index >= 15 is 0 Å². The average molecular weight is 261 g/mol. The number of aliphatic hydroxyl groups is 2. The van der Waals surface area contributed by atoms with Crippen LogP contribution >= 0.6 is 0 Å². The number of hydrogen-bond acceptors (Lipinski definition) is 5. The quantitative estimate of drug-likeness (QED) is 0.603. The predicted molar refractivity (Wildman–Crippen MR) is 61.0 cm³/mol. The molecule has 0 radical (unpaired) electrons. The molecule has 1 unspecified atom stereocenters. The van der Waals surface area contributed by atoms with Crippen molar-refractivity contribution in [1.82, 2.24) is 4.90 Å². The predicted octanol–water partition coefficient (Wildman–Crippen LogP) is -0.198. The van der Waals surface area contributed by atoms with E-state index in [-0.39, 0.29) is 13.0 Å². The highest BCUT2D eigenvalue weighted by Crippen LogP contribution is 2.21. The molecule has 1 heterocycles. The molecule has 1 amide bonds. The number of likely N-dealkylation sites (tertiary alicyclic amines) is 1. The van der Waals surface area contributed by atoms with Crippen LogP contribution in [0, 0.1) is 0 Å². The van der Waals surface area contributed by atoms with Gasteiger partial charge in [-0.3, -0.25) is 4.90 Å². The van der Waals surface area contributed by atoms with Crippen molar-refractivity contribution in [1.29, 1.82) is 0 Å². The molecule has 0 saturated carbocycles. The van der Waals surface area contributed by atoms with Crippen LogP contribution in [0.2, 0.25) is 0 Å². The Hall–Kier alpha value is -1.34. The second-order valence-electron chi connectivity index (χ2n) is 5.36. The van der Waals surface area contributed by atoms with E-state index in [9.17, 15) is 19.8 Å². The molecule has 3 atom stereocenters. The lowest BCUT2D eigenvalue weighted by molar-refractivity contribution is -0.150. The Morgan fingerprint density at radius 3 is 2.22 bits per heavy atom. The molecule has 1 rings (SSSR count). The van der Waals surface area contributed by atoms with Crippen LogP contribution in [0.5, 0.6) is 0 Å². The molecule has 0 aromatic rings. The lowest BCUT2D eigenvalue weighted by Gasteiger charge is -2.38. The molecule has 18 heavy (non-hydrogen) atoms. The van der Waals surface area contributed by atoms with Gasteiger partial charge in [0.1, 0.15) is 11.6 Å². The van der Waals surface area contributed by atoms with Gasteiger partial charge in [-0.25, -0.2) is 9.59 Å². The third-order valence-corrected chi connectivity index (χ3v) is 2.58. The maximum atomic E-state index is 11.8. The summed E-state index contributed by atoms with van der Waals surface area (Å²) in [6.07, 6.45) is -3.32. The second-order valence-corrected chi connectivity index (χ2v) is 5.36. The van der Waals surface area contributed by atoms with Crippen LogP contribution < -0.4 is 0 Å². The van der Waals surface area contributed by atoms with E-state index in [1.54, 1.807) is 20.8 Å². The smallest absolute Gasteiger partial charge is 0.411 e. The summed E-state index contributed by atoms with van der Waals surface area (Å²) in [7, 11) is 0. The number of hydrogen-bond donors (Lipinski definition) is 3. The first-order valence-corrected chi connectivity index (χ1v) is 5.70. The number of rotatable bonds is 1. The van der Waals surface area contributed by atoms with E-state index in [2.05, 4.69) is 0 Å². The fourth-order valence-electron chi connectivity index (χ4n) is 1.72. The van der Waals surface area contributed by atoms with Crippen molar-refractivity contribution >= 4 is 12.1 Å². The summed E-state index contributed by atoms with van der Waals surface area (Å²) in [4.78, 5) is 23.8. The van der Waals surface area contributed by atoms with Gasteiger partial charge in [0.05, 0.1) is 18.8 Å². The molecule has 0 aliphatic carbocycles. The first-order valence-electron chi connectivity index (χ1n) is 5.70. The Bertz CT molecular complexity index is 337. The summed E-state index contributed by atoms with van der Waals surface area (Å²) in [6.45, 7) is 4.73. The van der Waals surface area contributed by atoms with Gasteiger partial charge in [0.2, 0.25) is 0 Å². The molecular formula is C11H19NO6. The van der Waals surface area contributed by atoms with E-state index in [1.807, 2.05) is 0 Å². The molecule has 0 aromatic carbocycles. The highest BCUT2D eigenvalue weighted by Gasteiger charge is 2.41. The van der Waals surface area contributed by atoms with Crippen LogP contribution in [-0.2, 0) is 9.53 Å². The van der Waals surface area contributed by atoms with Crippen LogP contribution in [-0.4, -0.2) is 62.7 Å². The summed E-state index contributed by atoms with van der Waals surface area (Å²) >= 11 is 0. The van der Waals surface area contributed by atoms with Gasteiger partial charge in [0, 0.05) is 6.42 Å². The molecule has 1 saturated heterocycles. The molecule has 7 heteroatoms. The van der Waals surface area contributed by atoms with Crippen LogP contribution in [0.4, 0.5) is 4.79 Å². The van der Waals surface area contributed by atoms with E-state index in [1.165, 1.54) is 0 Å². The first-order chi connectivity index (χ1) is 8.11. The van der Waals surface area contributed by atoms with Crippen LogP contribution in [0.3, 0.4) is 0 Å². The number of amides is 1. The number of carboxylic acid groups (broad SMARTS) is 1. The Morgan fingerprint density at radius 2 is 1.78 bits per heavy atom. The zero-order chi connectivity index (χ0) is 14.1. The van der Waals surface area contributed by atoms with Crippen molar-refractivity contribution in [3.8, 4) is 0 Å². The molecule has 0 bridgehead atoms. The zero-order valence-corrected chi connectivity index (χ0v) is 10.7. The number of carbonyl (C=O) groups is 2. The van der Waals surface area contributed by atoms with Crippen molar-refractivity contribution < 1.29 is 29.6 Å². The number of aliphatic hydroxyl groups excluding tert-OH is 2. The number of nitrogens with zero attached hydrogens (tertiary/aromatic N) is 1. The highest BCUT2D eigenvalue weighted by molar-refractivity contribution is 5.80. The Morgan fingerprint density at radius 1 is 1.22 bits per heavy atom. The second kappa shape index (κ2) is 5.11. The zero-order valence-electron chi connectivity index (χ0n) is 10.7. The molecule has 3 N–H and O–H groups in total. The fourth-order valence-corrected chi connectivity index (χ4v) is 1.72. The Labute approximate surface area is 105 Å². The number of β-amino-alcohol motifs (C(OH)–C–C–N with tert-alkyl or cyclic N) is 1. The Kier molecular flexibility index (Phi) is 4.18. The van der Waals surface area contributed by atoms with Crippen LogP contribution in [0.15, 0.2) is 0 Å². The minimum absolute atomic E-state index is 0.213. The van der Waals surface area contributed by atoms with E-state index in [4.69, 9.17) is 9.84 Å². The van der Waals surface area contributed by atoms with Gasteiger partial charge in [-0.15, -0.1) is 0 Å². The number of carbonyl (C=O) groups excluding carboxylic acids is 1. The largest absolute Gasteiger partial charge is 0.480 e. The van der Waals surface area contributed by atoms with E-state index in [0.717, 1.165) is 4.90 Å². The van der Waals surface area contributed by atoms with E-state index < -0.39 is 35.9 Å². The van der Waals surface area contributed by atoms with Crippen molar-refractivity contribution in [2.24, 2.45) is 0 Å². The SMILES string of the molecule is CC(C)(C)OC(=O)N1C[C@H](O)[C@H](O)CC1C(=O)O. The molecule has 0 aromatic heterocycles. The Balaban J connectivity index is 2.82. The highest BCUT2D eigenvalue weighted by atomic mass is 16.6. The van der Waals surface area contributed by atoms with Crippen molar-refractivity contribution in [3.05, 3.63) is 0 Å². The van der Waals surface area contributed by atoms with Gasteiger partial charge in [-0.2, -0.15) is 0 Å². The lowest BCUT2D eigenvalue weighted by Crippen LogP contribution is -2.58. The van der Waals surface area contributed by atoms with Crippen molar-refractivity contribution in [3.63, 3.8) is 0 Å². The van der Waals surface area contributed by atoms with Crippen LogP contribution in [0.1, 0.15) is 27.2 Å². The molecular weight excluding hydrogens is 242 g/mol. The number of ether oxygens (including phenoxy) is 1. The third kappa shape index (κ3) is 3.58. The molecule has 0 spiro atoms. The van der Waals surface area contributed by atoms with E-state index in [0.29, 0.717) is 0 Å². The number of piperidine rings is 1. The minimum atomic E-state index is -1.23. The van der Waals surface area contributed by atoms with Crippen molar-refractivity contribution in [2.75, 3.05) is 6.54 Å². The standard InChI is InChI=1S/C11H19NO6/c1-11(2,3)18-10(17)12-5-8(14)7(13)4-6(12)9(15)16/h6-8,13-14H,4-5H2,1-3H3,(H,15,16)/t6?,7-,8+/m1/s1. The number of carboxylic acids is 1. The summed E-state index contributed by atoms with van der Waals surface area (Å²) in [5.74, 6) is -1.23. The molecule has 1 aliphatic rings. The molecule has 1 aliphatic heterocycles. The van der Waals surface area contributed by atoms with Crippen molar-refractivity contribution in [2.45, 2.75) is 51.0 Å². The van der Waals surface area contributed by atoms with Gasteiger partial charge in [0.25, 0.3) is 0 Å².